The number of sulfone groups is 1. The van der Waals surface area contributed by atoms with Crippen molar-refractivity contribution in [3.8, 4) is 0 Å². The van der Waals surface area contributed by atoms with Crippen LogP contribution in [-0.2, 0) is 9.84 Å². The van der Waals surface area contributed by atoms with Gasteiger partial charge in [-0.2, -0.15) is 0 Å². The number of nitrogens with two attached hydrogens (primary N) is 1. The van der Waals surface area contributed by atoms with Crippen LogP contribution in [0, 0.1) is 0 Å². The van der Waals surface area contributed by atoms with E-state index in [2.05, 4.69) is 20.7 Å². The number of anilines is 2. The summed E-state index contributed by atoms with van der Waals surface area (Å²) in [5.74, 6) is 6.77. The Labute approximate surface area is 113 Å². The minimum Gasteiger partial charge on any atom is -0.366 e. The maximum atomic E-state index is 11.3. The molecule has 0 spiro atoms. The molecule has 1 rings (SSSR count). The van der Waals surface area contributed by atoms with Gasteiger partial charge in [0.15, 0.2) is 0 Å². The molecule has 0 saturated carbocycles. The normalized spacial score (nSPS) is 13.4. The van der Waals surface area contributed by atoms with Crippen LogP contribution in [0.5, 0.6) is 0 Å². The predicted molar refractivity (Wildman–Crippen MR) is 76.7 cm³/mol. The maximum Gasteiger partial charge on any atom is 0.149 e. The van der Waals surface area contributed by atoms with Crippen molar-refractivity contribution in [3.63, 3.8) is 0 Å². The first-order valence-electron chi connectivity index (χ1n) is 6.00. The lowest BCUT2D eigenvalue weighted by Gasteiger charge is -2.19. The Morgan fingerprint density at radius 1 is 1.26 bits per heavy atom. The lowest BCUT2D eigenvalue weighted by molar-refractivity contribution is 0.598. The molecule has 0 aromatic carbocycles. The summed E-state index contributed by atoms with van der Waals surface area (Å²) >= 11 is 0. The number of hydrazine groups is 1. The van der Waals surface area contributed by atoms with Crippen LogP contribution in [-0.4, -0.2) is 36.4 Å². The third kappa shape index (κ3) is 4.64. The van der Waals surface area contributed by atoms with Gasteiger partial charge in [0.1, 0.15) is 27.8 Å². The van der Waals surface area contributed by atoms with Crippen molar-refractivity contribution < 1.29 is 8.42 Å². The molecule has 0 radical (unpaired) electrons. The summed E-state index contributed by atoms with van der Waals surface area (Å²) in [5.41, 5.74) is 3.37. The van der Waals surface area contributed by atoms with Gasteiger partial charge in [-0.3, -0.25) is 0 Å². The van der Waals surface area contributed by atoms with Gasteiger partial charge in [0.25, 0.3) is 0 Å². The molecule has 1 heterocycles. The monoisotopic (exact) mass is 287 g/mol. The molecule has 7 nitrogen and oxygen atoms in total. The summed E-state index contributed by atoms with van der Waals surface area (Å²) in [6, 6.07) is -0.243. The van der Waals surface area contributed by atoms with E-state index in [4.69, 9.17) is 5.84 Å². The van der Waals surface area contributed by atoms with Gasteiger partial charge in [-0.25, -0.2) is 24.2 Å². The van der Waals surface area contributed by atoms with Crippen LogP contribution in [0.4, 0.5) is 11.6 Å². The fraction of sp³-hybridized carbons (Fsp3) is 0.636. The smallest absolute Gasteiger partial charge is 0.149 e. The minimum atomic E-state index is -3.04. The number of aromatic nitrogens is 2. The third-order valence-electron chi connectivity index (χ3n) is 2.53. The average molecular weight is 287 g/mol. The Balaban J connectivity index is 3.01. The fourth-order valence-electron chi connectivity index (χ4n) is 1.90. The van der Waals surface area contributed by atoms with E-state index in [1.807, 2.05) is 13.8 Å². The van der Waals surface area contributed by atoms with Gasteiger partial charge in [-0.1, -0.05) is 13.8 Å². The van der Waals surface area contributed by atoms with Crippen molar-refractivity contribution in [2.24, 2.45) is 5.84 Å². The van der Waals surface area contributed by atoms with Crippen molar-refractivity contribution in [3.05, 3.63) is 11.9 Å². The molecule has 0 saturated heterocycles. The summed E-state index contributed by atoms with van der Waals surface area (Å²) < 4.78 is 22.5. The highest BCUT2D eigenvalue weighted by molar-refractivity contribution is 7.90. The first-order chi connectivity index (χ1) is 8.74. The molecule has 1 aromatic rings. The van der Waals surface area contributed by atoms with Gasteiger partial charge >= 0.3 is 0 Å². The van der Waals surface area contributed by atoms with Gasteiger partial charge in [-0.15, -0.1) is 0 Å². The van der Waals surface area contributed by atoms with E-state index in [1.54, 1.807) is 6.92 Å². The molecule has 1 aromatic heterocycles. The molecule has 1 unspecified atom stereocenters. The number of nitrogen functional groups attached to an aromatic ring is 1. The molecule has 1 atom stereocenters. The molecular formula is C11H21N5O2S. The summed E-state index contributed by atoms with van der Waals surface area (Å²) in [6.45, 7) is 5.78. The van der Waals surface area contributed by atoms with Crippen molar-refractivity contribution in [1.29, 1.82) is 0 Å². The van der Waals surface area contributed by atoms with Gasteiger partial charge in [0.05, 0.1) is 5.75 Å². The molecule has 0 aliphatic heterocycles. The number of rotatable bonds is 6. The standard InChI is InChI=1S/C11H21N5O2S/c1-7(2)9-10(13-6-14-11(9)16-12)15-8(3)5-19(4,17)18/h6-8H,5,12H2,1-4H3,(H2,13,14,15,16). The van der Waals surface area contributed by atoms with Crippen LogP contribution in [0.15, 0.2) is 6.33 Å². The average Bonchev–Trinajstić information content (AvgIpc) is 2.25. The predicted octanol–water partition coefficient (Wildman–Crippen LogP) is 0.731. The molecule has 0 amide bonds. The number of nitrogens with one attached hydrogen (secondary N) is 2. The van der Waals surface area contributed by atoms with E-state index in [0.29, 0.717) is 11.6 Å². The Morgan fingerprint density at radius 2 is 1.84 bits per heavy atom. The Bertz CT molecular complexity index is 530. The topological polar surface area (TPSA) is 110 Å². The van der Waals surface area contributed by atoms with Crippen LogP contribution in [0.2, 0.25) is 0 Å². The Morgan fingerprint density at radius 3 is 2.32 bits per heavy atom. The van der Waals surface area contributed by atoms with Crippen molar-refractivity contribution in [2.75, 3.05) is 22.8 Å². The van der Waals surface area contributed by atoms with E-state index >= 15 is 0 Å². The maximum absolute atomic E-state index is 11.3. The molecule has 0 aliphatic carbocycles. The molecule has 8 heteroatoms. The molecule has 0 fully saturated rings. The first kappa shape index (κ1) is 15.6. The molecule has 108 valence electrons. The van der Waals surface area contributed by atoms with Crippen LogP contribution in [0.1, 0.15) is 32.3 Å². The van der Waals surface area contributed by atoms with Gasteiger partial charge in [0, 0.05) is 17.9 Å². The van der Waals surface area contributed by atoms with E-state index in [9.17, 15) is 8.42 Å². The van der Waals surface area contributed by atoms with Crippen LogP contribution < -0.4 is 16.6 Å². The van der Waals surface area contributed by atoms with Gasteiger partial charge in [-0.05, 0) is 12.8 Å². The zero-order valence-corrected chi connectivity index (χ0v) is 12.5. The SMILES string of the molecule is CC(CS(C)(=O)=O)Nc1ncnc(NN)c1C(C)C. The molecule has 0 aliphatic rings. The van der Waals surface area contributed by atoms with Crippen molar-refractivity contribution in [1.82, 2.24) is 9.97 Å². The molecule has 4 N–H and O–H groups in total. The highest BCUT2D eigenvalue weighted by atomic mass is 32.2. The molecule has 19 heavy (non-hydrogen) atoms. The summed E-state index contributed by atoms with van der Waals surface area (Å²) in [6.07, 6.45) is 2.60. The summed E-state index contributed by atoms with van der Waals surface area (Å²) in [5, 5.41) is 3.10. The van der Waals surface area contributed by atoms with Crippen LogP contribution in [0.25, 0.3) is 0 Å². The Hall–Kier alpha value is -1.41. The van der Waals surface area contributed by atoms with Crippen LogP contribution >= 0.6 is 0 Å². The zero-order chi connectivity index (χ0) is 14.6. The zero-order valence-electron chi connectivity index (χ0n) is 11.6. The highest BCUT2D eigenvalue weighted by Gasteiger charge is 2.17. The second kappa shape index (κ2) is 6.16. The minimum absolute atomic E-state index is 0.0416. The fourth-order valence-corrected chi connectivity index (χ4v) is 2.89. The van der Waals surface area contributed by atoms with Crippen LogP contribution in [0.3, 0.4) is 0 Å². The van der Waals surface area contributed by atoms with E-state index in [-0.39, 0.29) is 17.7 Å². The lowest BCUT2D eigenvalue weighted by Crippen LogP contribution is -2.26. The number of hydrogen-bond acceptors (Lipinski definition) is 7. The lowest BCUT2D eigenvalue weighted by atomic mass is 10.0. The second-order valence-corrected chi connectivity index (χ2v) is 7.11. The van der Waals surface area contributed by atoms with Gasteiger partial charge in [0.2, 0.25) is 0 Å². The second-order valence-electron chi connectivity index (χ2n) is 4.92. The number of hydrogen-bond donors (Lipinski definition) is 3. The molecular weight excluding hydrogens is 266 g/mol. The van der Waals surface area contributed by atoms with Gasteiger partial charge < -0.3 is 10.7 Å². The van der Waals surface area contributed by atoms with Crippen molar-refractivity contribution in [2.45, 2.75) is 32.7 Å². The van der Waals surface area contributed by atoms with E-state index in [1.165, 1.54) is 12.6 Å². The Kier molecular flexibility index (Phi) is 5.07. The molecule has 0 bridgehead atoms. The summed E-state index contributed by atoms with van der Waals surface area (Å²) in [7, 11) is -3.04. The van der Waals surface area contributed by atoms with Crippen molar-refractivity contribution >= 4 is 21.5 Å². The largest absolute Gasteiger partial charge is 0.366 e. The third-order valence-corrected chi connectivity index (χ3v) is 3.64. The van der Waals surface area contributed by atoms with E-state index < -0.39 is 9.84 Å². The highest BCUT2D eigenvalue weighted by Crippen LogP contribution is 2.28. The first-order valence-corrected chi connectivity index (χ1v) is 8.06. The quantitative estimate of drug-likeness (QED) is 0.522. The summed E-state index contributed by atoms with van der Waals surface area (Å²) in [4.78, 5) is 8.22. The van der Waals surface area contributed by atoms with E-state index in [0.717, 1.165) is 5.56 Å². The number of nitrogens with zero attached hydrogens (tertiary/aromatic N) is 2.